The first-order valence-electron chi connectivity index (χ1n) is 9.94. The quantitative estimate of drug-likeness (QED) is 0.487. The van der Waals surface area contributed by atoms with E-state index in [9.17, 15) is 4.79 Å². The Bertz CT molecular complexity index is 1200. The topological polar surface area (TPSA) is 51.2 Å². The molecule has 1 heterocycles. The molecule has 0 aliphatic carbocycles. The molecule has 0 spiro atoms. The number of fused-ring (bicyclic) bond motifs is 1. The van der Waals surface area contributed by atoms with Crippen molar-refractivity contribution >= 4 is 16.8 Å². The SMILES string of the molecule is COc1ccc(-c2nc3ccccc3c(C(=O)NCc3ccc(C)cc3)c2C)cc1. The maximum atomic E-state index is 13.2. The number of rotatable bonds is 5. The number of nitrogens with zero attached hydrogens (tertiary/aromatic N) is 1. The first-order valence-corrected chi connectivity index (χ1v) is 9.94. The first-order chi connectivity index (χ1) is 14.6. The number of benzene rings is 3. The predicted molar refractivity (Wildman–Crippen MR) is 121 cm³/mol. The number of hydrogen-bond donors (Lipinski definition) is 1. The molecule has 4 aromatic rings. The van der Waals surface area contributed by atoms with Crippen LogP contribution in [0.5, 0.6) is 5.75 Å². The predicted octanol–water partition coefficient (Wildman–Crippen LogP) is 5.46. The third-order valence-corrected chi connectivity index (χ3v) is 5.30. The minimum absolute atomic E-state index is 0.0959. The van der Waals surface area contributed by atoms with Crippen molar-refractivity contribution in [2.24, 2.45) is 0 Å². The van der Waals surface area contributed by atoms with Gasteiger partial charge >= 0.3 is 0 Å². The van der Waals surface area contributed by atoms with Gasteiger partial charge in [0.1, 0.15) is 5.75 Å². The van der Waals surface area contributed by atoms with Crippen LogP contribution < -0.4 is 10.1 Å². The summed E-state index contributed by atoms with van der Waals surface area (Å²) in [4.78, 5) is 18.1. The normalized spacial score (nSPS) is 10.8. The second-order valence-corrected chi connectivity index (χ2v) is 7.37. The molecule has 3 aromatic carbocycles. The number of aryl methyl sites for hydroxylation is 1. The van der Waals surface area contributed by atoms with Gasteiger partial charge in [0.2, 0.25) is 0 Å². The van der Waals surface area contributed by atoms with Crippen molar-refractivity contribution in [2.45, 2.75) is 20.4 Å². The van der Waals surface area contributed by atoms with Gasteiger partial charge in [-0.25, -0.2) is 4.98 Å². The van der Waals surface area contributed by atoms with E-state index in [1.54, 1.807) is 7.11 Å². The van der Waals surface area contributed by atoms with Crippen molar-refractivity contribution in [3.8, 4) is 17.0 Å². The van der Waals surface area contributed by atoms with Crippen molar-refractivity contribution < 1.29 is 9.53 Å². The van der Waals surface area contributed by atoms with Gasteiger partial charge in [0.15, 0.2) is 0 Å². The standard InChI is InChI=1S/C26H24N2O2/c1-17-8-10-19(11-9-17)16-27-26(29)24-18(2)25(20-12-14-21(30-3)15-13-20)28-23-7-5-4-6-22(23)24/h4-15H,16H2,1-3H3,(H,27,29). The monoisotopic (exact) mass is 396 g/mol. The van der Waals surface area contributed by atoms with Gasteiger partial charge in [-0.1, -0.05) is 48.0 Å². The summed E-state index contributed by atoms with van der Waals surface area (Å²) in [5, 5.41) is 3.93. The Kier molecular flexibility index (Phi) is 5.48. The number of carbonyl (C=O) groups excluding carboxylic acids is 1. The second kappa shape index (κ2) is 8.37. The fourth-order valence-corrected chi connectivity index (χ4v) is 3.61. The molecule has 0 saturated carbocycles. The first kappa shape index (κ1) is 19.6. The number of para-hydroxylation sites is 1. The van der Waals surface area contributed by atoms with Gasteiger partial charge in [-0.2, -0.15) is 0 Å². The van der Waals surface area contributed by atoms with E-state index >= 15 is 0 Å². The molecule has 0 aliphatic rings. The lowest BCUT2D eigenvalue weighted by Crippen LogP contribution is -2.24. The van der Waals surface area contributed by atoms with E-state index in [0.29, 0.717) is 12.1 Å². The van der Waals surface area contributed by atoms with Crippen molar-refractivity contribution in [1.82, 2.24) is 10.3 Å². The molecule has 4 rings (SSSR count). The van der Waals surface area contributed by atoms with Crippen LogP contribution in [0.3, 0.4) is 0 Å². The number of pyridine rings is 1. The van der Waals surface area contributed by atoms with Crippen LogP contribution in [0.15, 0.2) is 72.8 Å². The molecule has 0 bridgehead atoms. The molecule has 0 saturated heterocycles. The minimum atomic E-state index is -0.0959. The summed E-state index contributed by atoms with van der Waals surface area (Å²) >= 11 is 0. The van der Waals surface area contributed by atoms with Gasteiger partial charge in [0.05, 0.1) is 23.9 Å². The van der Waals surface area contributed by atoms with E-state index < -0.39 is 0 Å². The van der Waals surface area contributed by atoms with Crippen LogP contribution in [0.2, 0.25) is 0 Å². The number of amides is 1. The molecule has 1 N–H and O–H groups in total. The third kappa shape index (κ3) is 3.90. The molecule has 150 valence electrons. The molecular weight excluding hydrogens is 372 g/mol. The number of hydrogen-bond acceptors (Lipinski definition) is 3. The van der Waals surface area contributed by atoms with Crippen LogP contribution in [0.4, 0.5) is 0 Å². The maximum Gasteiger partial charge on any atom is 0.252 e. The highest BCUT2D eigenvalue weighted by atomic mass is 16.5. The Morgan fingerprint density at radius 3 is 2.33 bits per heavy atom. The molecule has 0 fully saturated rings. The van der Waals surface area contributed by atoms with Crippen LogP contribution in [-0.2, 0) is 6.54 Å². The summed E-state index contributed by atoms with van der Waals surface area (Å²) in [6.07, 6.45) is 0. The maximum absolute atomic E-state index is 13.2. The minimum Gasteiger partial charge on any atom is -0.497 e. The van der Waals surface area contributed by atoms with Crippen LogP contribution in [0.25, 0.3) is 22.2 Å². The summed E-state index contributed by atoms with van der Waals surface area (Å²) in [5.41, 5.74) is 6.35. The lowest BCUT2D eigenvalue weighted by atomic mass is 9.97. The van der Waals surface area contributed by atoms with Crippen molar-refractivity contribution in [3.05, 3.63) is 95.1 Å². The van der Waals surface area contributed by atoms with Gasteiger partial charge in [0.25, 0.3) is 5.91 Å². The summed E-state index contributed by atoms with van der Waals surface area (Å²) in [5.74, 6) is 0.690. The van der Waals surface area contributed by atoms with Crippen molar-refractivity contribution in [1.29, 1.82) is 0 Å². The van der Waals surface area contributed by atoms with Crippen LogP contribution in [0, 0.1) is 13.8 Å². The number of aromatic nitrogens is 1. The van der Waals surface area contributed by atoms with E-state index in [1.807, 2.05) is 67.6 Å². The van der Waals surface area contributed by atoms with Gasteiger partial charge in [-0.05, 0) is 55.3 Å². The zero-order valence-electron chi connectivity index (χ0n) is 17.4. The lowest BCUT2D eigenvalue weighted by Gasteiger charge is -2.15. The molecule has 0 radical (unpaired) electrons. The number of carbonyl (C=O) groups is 1. The molecule has 4 nitrogen and oxygen atoms in total. The Labute approximate surface area is 176 Å². The van der Waals surface area contributed by atoms with Crippen molar-refractivity contribution in [3.63, 3.8) is 0 Å². The summed E-state index contributed by atoms with van der Waals surface area (Å²) < 4.78 is 5.26. The Balaban J connectivity index is 1.74. The summed E-state index contributed by atoms with van der Waals surface area (Å²) in [6, 6.07) is 23.7. The van der Waals surface area contributed by atoms with E-state index in [1.165, 1.54) is 5.56 Å². The molecule has 30 heavy (non-hydrogen) atoms. The lowest BCUT2D eigenvalue weighted by molar-refractivity contribution is 0.0952. The van der Waals surface area contributed by atoms with Crippen LogP contribution in [-0.4, -0.2) is 18.0 Å². The fourth-order valence-electron chi connectivity index (χ4n) is 3.61. The molecule has 1 amide bonds. The van der Waals surface area contributed by atoms with Crippen molar-refractivity contribution in [2.75, 3.05) is 7.11 Å². The third-order valence-electron chi connectivity index (χ3n) is 5.30. The Morgan fingerprint density at radius 2 is 1.63 bits per heavy atom. The smallest absolute Gasteiger partial charge is 0.252 e. The van der Waals surface area contributed by atoms with Gasteiger partial charge in [-0.3, -0.25) is 4.79 Å². The van der Waals surface area contributed by atoms with Crippen LogP contribution in [0.1, 0.15) is 27.0 Å². The molecule has 0 unspecified atom stereocenters. The molecule has 1 aromatic heterocycles. The number of methoxy groups -OCH3 is 1. The average Bonchev–Trinajstić information content (AvgIpc) is 2.78. The highest BCUT2D eigenvalue weighted by Crippen LogP contribution is 2.30. The zero-order chi connectivity index (χ0) is 21.1. The van der Waals surface area contributed by atoms with Crippen LogP contribution >= 0.6 is 0 Å². The van der Waals surface area contributed by atoms with E-state index in [4.69, 9.17) is 9.72 Å². The highest BCUT2D eigenvalue weighted by molar-refractivity contribution is 6.08. The number of ether oxygens (including phenoxy) is 1. The number of nitrogens with one attached hydrogen (secondary N) is 1. The van der Waals surface area contributed by atoms with Gasteiger partial charge < -0.3 is 10.1 Å². The highest BCUT2D eigenvalue weighted by Gasteiger charge is 2.18. The average molecular weight is 396 g/mol. The molecule has 0 aliphatic heterocycles. The largest absolute Gasteiger partial charge is 0.497 e. The van der Waals surface area contributed by atoms with E-state index in [0.717, 1.165) is 39.0 Å². The second-order valence-electron chi connectivity index (χ2n) is 7.37. The summed E-state index contributed by atoms with van der Waals surface area (Å²) in [6.45, 7) is 4.49. The Morgan fingerprint density at radius 1 is 0.933 bits per heavy atom. The molecule has 0 atom stereocenters. The molecular formula is C26H24N2O2. The fraction of sp³-hybridized carbons (Fsp3) is 0.154. The van der Waals surface area contributed by atoms with Gasteiger partial charge in [0, 0.05) is 17.5 Å². The van der Waals surface area contributed by atoms with Gasteiger partial charge in [-0.15, -0.1) is 0 Å². The Hall–Kier alpha value is -3.66. The summed E-state index contributed by atoms with van der Waals surface area (Å²) in [7, 11) is 1.64. The zero-order valence-corrected chi connectivity index (χ0v) is 17.4. The molecule has 4 heteroatoms. The van der Waals surface area contributed by atoms with E-state index in [2.05, 4.69) is 24.4 Å². The van der Waals surface area contributed by atoms with E-state index in [-0.39, 0.29) is 5.91 Å².